The van der Waals surface area contributed by atoms with Crippen molar-refractivity contribution in [2.24, 2.45) is 0 Å². The van der Waals surface area contributed by atoms with Crippen LogP contribution in [0.1, 0.15) is 18.5 Å². The molecule has 1 fully saturated rings. The first-order chi connectivity index (χ1) is 23.9. The molecule has 0 unspecified atom stereocenters. The Morgan fingerprint density at radius 2 is 1.46 bits per heavy atom. The Morgan fingerprint density at radius 1 is 0.860 bits per heavy atom. The minimum Gasteiger partial charge on any atom is -0.487 e. The van der Waals surface area contributed by atoms with E-state index in [1.807, 2.05) is 12.1 Å². The highest BCUT2D eigenvalue weighted by atomic mass is 19.3. The van der Waals surface area contributed by atoms with E-state index in [0.717, 1.165) is 28.2 Å². The minimum atomic E-state index is -4.23. The predicted octanol–water partition coefficient (Wildman–Crippen LogP) is 4.66. The number of aromatic nitrogens is 6. The first-order valence-electron chi connectivity index (χ1n) is 15.5. The van der Waals surface area contributed by atoms with Crippen molar-refractivity contribution >= 4 is 11.4 Å². The third kappa shape index (κ3) is 7.03. The average Bonchev–Trinajstić information content (AvgIpc) is 3.76. The lowest BCUT2D eigenvalue weighted by molar-refractivity contribution is -0.148. The molecule has 11 nitrogen and oxygen atoms in total. The van der Waals surface area contributed by atoms with Gasteiger partial charge < -0.3 is 19.6 Å². The molecule has 0 spiro atoms. The quantitative estimate of drug-likeness (QED) is 0.187. The highest BCUT2D eigenvalue weighted by Gasteiger charge is 2.43. The van der Waals surface area contributed by atoms with Crippen LogP contribution < -0.4 is 20.2 Å². The lowest BCUT2D eigenvalue weighted by Crippen LogP contribution is -2.46. The Labute approximate surface area is 281 Å². The monoisotopic (exact) mass is 702 g/mol. The summed E-state index contributed by atoms with van der Waals surface area (Å²) in [5.41, 5.74) is -0.692. The van der Waals surface area contributed by atoms with Gasteiger partial charge in [-0.05, 0) is 61.5 Å². The van der Waals surface area contributed by atoms with Crippen LogP contribution in [-0.2, 0) is 12.1 Å². The molecule has 6 rings (SSSR count). The number of nitrogens with zero attached hydrogens (tertiary/aromatic N) is 8. The Hall–Kier alpha value is -5.32. The zero-order chi connectivity index (χ0) is 35.6. The largest absolute Gasteiger partial charge is 0.487 e. The topological polar surface area (TPSA) is 106 Å². The molecule has 3 aromatic carbocycles. The van der Waals surface area contributed by atoms with Crippen molar-refractivity contribution in [2.45, 2.75) is 37.5 Å². The van der Waals surface area contributed by atoms with Gasteiger partial charge in [-0.15, -0.1) is 0 Å². The van der Waals surface area contributed by atoms with Gasteiger partial charge in [0.25, 0.3) is 0 Å². The summed E-state index contributed by atoms with van der Waals surface area (Å²) in [5, 5.41) is 20.1. The Bertz CT molecular complexity index is 1950. The van der Waals surface area contributed by atoms with Gasteiger partial charge in [0.15, 0.2) is 6.61 Å². The second kappa shape index (κ2) is 13.9. The highest BCUT2D eigenvalue weighted by Crippen LogP contribution is 2.36. The third-order valence-corrected chi connectivity index (χ3v) is 8.74. The molecule has 1 saturated heterocycles. The Morgan fingerprint density at radius 3 is 2.02 bits per heavy atom. The van der Waals surface area contributed by atoms with Gasteiger partial charge in [-0.2, -0.15) is 19.0 Å². The Kier molecular flexibility index (Phi) is 9.60. The second-order valence-electron chi connectivity index (χ2n) is 11.9. The van der Waals surface area contributed by atoms with Crippen LogP contribution in [0.4, 0.5) is 37.7 Å². The molecule has 0 bridgehead atoms. The minimum absolute atomic E-state index is 0.0659. The van der Waals surface area contributed by atoms with Crippen molar-refractivity contribution in [2.75, 3.05) is 42.6 Å². The maximum absolute atomic E-state index is 15.0. The Balaban J connectivity index is 1.12. The lowest BCUT2D eigenvalue weighted by atomic mass is 9.86. The van der Waals surface area contributed by atoms with Gasteiger partial charge in [-0.3, -0.25) is 0 Å². The summed E-state index contributed by atoms with van der Waals surface area (Å²) in [6.45, 7) is 2.37. The average molecular weight is 703 g/mol. The fourth-order valence-corrected chi connectivity index (χ4v) is 5.85. The number of piperazine rings is 1. The summed E-state index contributed by atoms with van der Waals surface area (Å²) < 4.78 is 88.3. The van der Waals surface area contributed by atoms with E-state index in [9.17, 15) is 31.9 Å². The van der Waals surface area contributed by atoms with Crippen molar-refractivity contribution < 1.29 is 36.2 Å². The van der Waals surface area contributed by atoms with Crippen LogP contribution in [-0.4, -0.2) is 79.4 Å². The number of rotatable bonds is 12. The molecule has 264 valence electrons. The first kappa shape index (κ1) is 34.5. The number of benzene rings is 3. The molecule has 5 aromatic rings. The second-order valence-corrected chi connectivity index (χ2v) is 11.9. The highest BCUT2D eigenvalue weighted by molar-refractivity contribution is 5.54. The van der Waals surface area contributed by atoms with Crippen molar-refractivity contribution in [3.05, 3.63) is 113 Å². The summed E-state index contributed by atoms with van der Waals surface area (Å²) in [4.78, 5) is 21.7. The molecule has 1 aliphatic heterocycles. The normalized spacial score (nSPS) is 15.7. The molecular formula is C33H32F6N8O3. The summed E-state index contributed by atoms with van der Waals surface area (Å²) >= 11 is 0. The zero-order valence-corrected chi connectivity index (χ0v) is 26.6. The van der Waals surface area contributed by atoms with Crippen molar-refractivity contribution in [1.82, 2.24) is 29.1 Å². The zero-order valence-electron chi connectivity index (χ0n) is 26.6. The molecule has 50 heavy (non-hydrogen) atoms. The predicted molar refractivity (Wildman–Crippen MR) is 170 cm³/mol. The van der Waals surface area contributed by atoms with Crippen molar-refractivity contribution in [3.8, 4) is 11.4 Å². The fourth-order valence-electron chi connectivity index (χ4n) is 5.85. The van der Waals surface area contributed by atoms with Crippen LogP contribution >= 0.6 is 0 Å². The molecule has 0 amide bonds. The number of ether oxygens (including phenoxy) is 1. The third-order valence-electron chi connectivity index (χ3n) is 8.74. The van der Waals surface area contributed by atoms with Crippen molar-refractivity contribution in [1.29, 1.82) is 0 Å². The molecule has 1 N–H and O–H groups in total. The van der Waals surface area contributed by atoms with Crippen LogP contribution in [0.15, 0.2) is 90.5 Å². The fraction of sp³-hybridized carbons (Fsp3) is 0.333. The van der Waals surface area contributed by atoms with E-state index in [0.29, 0.717) is 37.9 Å². The van der Waals surface area contributed by atoms with E-state index < -0.39 is 47.9 Å². The maximum Gasteiger partial charge on any atom is 0.350 e. The SMILES string of the molecule is C[C@@H](n1ncn(-c2ccc(N3CCN(c4ccc(OCC(F)(F)C(F)F)cc4)CC3)cc2)c1=O)[C@](O)(Cn1cncn1)c1ccc(F)cc1F. The van der Waals surface area contributed by atoms with Gasteiger partial charge in [0.2, 0.25) is 0 Å². The van der Waals surface area contributed by atoms with Gasteiger partial charge in [-0.1, -0.05) is 6.07 Å². The van der Waals surface area contributed by atoms with Crippen LogP contribution in [0, 0.1) is 11.6 Å². The van der Waals surface area contributed by atoms with Crippen LogP contribution in [0.3, 0.4) is 0 Å². The number of hydrogen-bond acceptors (Lipinski definition) is 8. The number of alkyl halides is 4. The maximum atomic E-state index is 15.0. The van der Waals surface area contributed by atoms with Gasteiger partial charge in [0.05, 0.1) is 18.3 Å². The molecule has 2 aromatic heterocycles. The molecular weight excluding hydrogens is 670 g/mol. The standard InChI is InChI=1S/C33H32F6N8O3/c1-22(32(49,17-45-20-40-19-41-45)28-11-2-23(34)16-29(28)35)47-31(48)46(21-42-47)26-5-3-24(4-6-26)43-12-14-44(15-13-43)25-7-9-27(10-8-25)50-18-33(38,39)30(36)37/h2-11,16,19-22,30,49H,12-15,17-18H2,1H3/t22-,32-/m1/s1. The van der Waals surface area contributed by atoms with E-state index in [1.54, 1.807) is 24.3 Å². The molecule has 3 heterocycles. The van der Waals surface area contributed by atoms with Gasteiger partial charge in [0, 0.05) is 49.2 Å². The molecule has 17 heteroatoms. The number of hydrogen-bond donors (Lipinski definition) is 1. The smallest absolute Gasteiger partial charge is 0.350 e. The number of aliphatic hydroxyl groups is 1. The van der Waals surface area contributed by atoms with E-state index in [2.05, 4.69) is 25.0 Å². The first-order valence-corrected chi connectivity index (χ1v) is 15.5. The molecule has 1 aliphatic rings. The van der Waals surface area contributed by atoms with Crippen LogP contribution in [0.2, 0.25) is 0 Å². The van der Waals surface area contributed by atoms with E-state index in [-0.39, 0.29) is 17.9 Å². The summed E-state index contributed by atoms with van der Waals surface area (Å²) in [7, 11) is 0. The molecule has 0 saturated carbocycles. The lowest BCUT2D eigenvalue weighted by Gasteiger charge is -2.37. The van der Waals surface area contributed by atoms with Gasteiger partial charge in [-0.25, -0.2) is 41.3 Å². The van der Waals surface area contributed by atoms with Crippen molar-refractivity contribution in [3.63, 3.8) is 0 Å². The van der Waals surface area contributed by atoms with Gasteiger partial charge in [0.1, 0.15) is 42.0 Å². The van der Waals surface area contributed by atoms with E-state index in [4.69, 9.17) is 4.74 Å². The summed E-state index contributed by atoms with van der Waals surface area (Å²) in [6.07, 6.45) is 0.0560. The molecule has 2 atom stereocenters. The number of halogens is 6. The van der Waals surface area contributed by atoms with Crippen LogP contribution in [0.5, 0.6) is 5.75 Å². The summed E-state index contributed by atoms with van der Waals surface area (Å²) in [5.74, 6) is -5.98. The van der Waals surface area contributed by atoms with E-state index in [1.165, 1.54) is 47.3 Å². The summed E-state index contributed by atoms with van der Waals surface area (Å²) in [6, 6.07) is 15.2. The van der Waals surface area contributed by atoms with E-state index >= 15 is 4.39 Å². The van der Waals surface area contributed by atoms with Crippen LogP contribution in [0.25, 0.3) is 5.69 Å². The molecule has 0 radical (unpaired) electrons. The van der Waals surface area contributed by atoms with Gasteiger partial charge >= 0.3 is 18.0 Å². The molecule has 0 aliphatic carbocycles. The number of anilines is 2.